The first-order valence-electron chi connectivity index (χ1n) is 21.4. The summed E-state index contributed by atoms with van der Waals surface area (Å²) in [4.78, 5) is 0. The third-order valence-electron chi connectivity index (χ3n) is 10.4. The Morgan fingerprint density at radius 1 is 0.348 bits per heavy atom. The molecule has 3 N–H and O–H groups in total. The summed E-state index contributed by atoms with van der Waals surface area (Å²) in [7, 11) is 0. The van der Waals surface area contributed by atoms with Gasteiger partial charge in [-0.3, -0.25) is 0 Å². The molecule has 0 aromatic heterocycles. The monoisotopic (exact) mass is 651 g/mol. The molecule has 46 heavy (non-hydrogen) atoms. The molecule has 0 radical (unpaired) electrons. The molecule has 0 bridgehead atoms. The predicted octanol–water partition coefficient (Wildman–Crippen LogP) is 13.6. The van der Waals surface area contributed by atoms with E-state index in [-0.39, 0.29) is 17.2 Å². The third kappa shape index (κ3) is 35.2. The molecule has 0 fully saturated rings. The average Bonchev–Trinajstić information content (AvgIpc) is 3.03. The molecule has 0 atom stereocenters. The van der Waals surface area contributed by atoms with Gasteiger partial charge in [0.15, 0.2) is 0 Å². The number of aliphatic hydroxyl groups excluding tert-OH is 1. The van der Waals surface area contributed by atoms with Crippen molar-refractivity contribution < 1.29 is 5.11 Å². The van der Waals surface area contributed by atoms with Crippen molar-refractivity contribution in [2.45, 2.75) is 264 Å². The quantitative estimate of drug-likeness (QED) is 0.0583. The zero-order chi connectivity index (χ0) is 34.0. The average molecular weight is 651 g/mol. The first kappa shape index (κ1) is 45.9. The Hall–Kier alpha value is -0.120. The molecule has 3 nitrogen and oxygen atoms in total. The van der Waals surface area contributed by atoms with Crippen LogP contribution in [0, 0.1) is 0 Å². The van der Waals surface area contributed by atoms with Crippen LogP contribution in [-0.4, -0.2) is 35.4 Å². The highest BCUT2D eigenvalue weighted by atomic mass is 16.3. The largest absolute Gasteiger partial charge is 0.390 e. The first-order valence-corrected chi connectivity index (χ1v) is 21.4. The molecule has 0 aliphatic carbocycles. The van der Waals surface area contributed by atoms with Crippen LogP contribution >= 0.6 is 0 Å². The van der Waals surface area contributed by atoms with Gasteiger partial charge >= 0.3 is 0 Å². The van der Waals surface area contributed by atoms with E-state index in [4.69, 9.17) is 0 Å². The van der Waals surface area contributed by atoms with Crippen LogP contribution in [0.15, 0.2) is 0 Å². The molecule has 0 aromatic rings. The molecule has 0 rings (SSSR count). The van der Waals surface area contributed by atoms with Gasteiger partial charge in [-0.15, -0.1) is 0 Å². The minimum Gasteiger partial charge on any atom is -0.390 e. The third-order valence-corrected chi connectivity index (χ3v) is 10.4. The molecule has 0 aliphatic rings. The fourth-order valence-corrected chi connectivity index (χ4v) is 6.91. The van der Waals surface area contributed by atoms with Gasteiger partial charge in [-0.2, -0.15) is 0 Å². The van der Waals surface area contributed by atoms with Gasteiger partial charge in [0.2, 0.25) is 0 Å². The molecule has 0 saturated heterocycles. The van der Waals surface area contributed by atoms with Crippen molar-refractivity contribution in [2.75, 3.05) is 13.1 Å². The van der Waals surface area contributed by atoms with E-state index in [1.165, 1.54) is 205 Å². The summed E-state index contributed by atoms with van der Waals surface area (Å²) in [5, 5.41) is 18.0. The number of aliphatic hydroxyl groups is 1. The molecule has 0 amide bonds. The molecule has 0 aliphatic heterocycles. The number of hydrogen-bond donors (Lipinski definition) is 3. The zero-order valence-corrected chi connectivity index (χ0v) is 33.1. The number of rotatable bonds is 38. The lowest BCUT2D eigenvalue weighted by molar-refractivity contribution is 0.141. The minimum atomic E-state index is -0.333. The van der Waals surface area contributed by atoms with Gasteiger partial charge in [-0.25, -0.2) is 0 Å². The van der Waals surface area contributed by atoms with Gasteiger partial charge in [-0.1, -0.05) is 206 Å². The van der Waals surface area contributed by atoms with Gasteiger partial charge in [0, 0.05) is 24.2 Å². The summed E-state index contributed by atoms with van der Waals surface area (Å²) in [6.45, 7) is 15.2. The van der Waals surface area contributed by atoms with Gasteiger partial charge in [0.25, 0.3) is 0 Å². The lowest BCUT2D eigenvalue weighted by Crippen LogP contribution is -2.49. The Morgan fingerprint density at radius 2 is 0.543 bits per heavy atom. The fraction of sp³-hybridized carbons (Fsp3) is 1.00. The van der Waals surface area contributed by atoms with Crippen LogP contribution in [0.3, 0.4) is 0 Å². The summed E-state index contributed by atoms with van der Waals surface area (Å²) >= 11 is 0. The highest BCUT2D eigenvalue weighted by molar-refractivity contribution is 4.82. The summed E-state index contributed by atoms with van der Waals surface area (Å²) in [5.74, 6) is 0. The van der Waals surface area contributed by atoms with Gasteiger partial charge < -0.3 is 15.7 Å². The van der Waals surface area contributed by atoms with E-state index < -0.39 is 0 Å². The zero-order valence-electron chi connectivity index (χ0n) is 33.1. The van der Waals surface area contributed by atoms with Crippen molar-refractivity contribution in [3.63, 3.8) is 0 Å². The smallest absolute Gasteiger partial charge is 0.0789 e. The standard InChI is InChI=1S/C43H90N2O/c1-7-9-11-13-15-17-19-21-23-25-27-29-31-33-35-37-42(3,4)44-39-41(46)40-45-43(5,6)38-36-34-32-30-28-26-24-22-20-18-16-14-12-10-8-2/h41,44-46H,7-40H2,1-6H3. The molecule has 0 heterocycles. The van der Waals surface area contributed by atoms with Crippen LogP contribution < -0.4 is 10.6 Å². The van der Waals surface area contributed by atoms with Crippen molar-refractivity contribution in [3.05, 3.63) is 0 Å². The molecule has 0 saturated carbocycles. The van der Waals surface area contributed by atoms with Crippen molar-refractivity contribution >= 4 is 0 Å². The molecule has 278 valence electrons. The van der Waals surface area contributed by atoms with Crippen LogP contribution in [0.2, 0.25) is 0 Å². The van der Waals surface area contributed by atoms with Crippen molar-refractivity contribution in [1.29, 1.82) is 0 Å². The summed E-state index contributed by atoms with van der Waals surface area (Å²) < 4.78 is 0. The van der Waals surface area contributed by atoms with Crippen LogP contribution in [0.4, 0.5) is 0 Å². The second kappa shape index (κ2) is 33.4. The van der Waals surface area contributed by atoms with Crippen LogP contribution in [-0.2, 0) is 0 Å². The Morgan fingerprint density at radius 3 is 0.761 bits per heavy atom. The van der Waals surface area contributed by atoms with E-state index >= 15 is 0 Å². The lowest BCUT2D eigenvalue weighted by atomic mass is 9.95. The number of β-amino-alcohol motifs (C(OH)–C–C–N with tert-alkyl or cyclic N) is 1. The van der Waals surface area contributed by atoms with Gasteiger partial charge in [0.1, 0.15) is 0 Å². The first-order chi connectivity index (χ1) is 22.2. The normalized spacial score (nSPS) is 12.5. The molecule has 3 heteroatoms. The van der Waals surface area contributed by atoms with Crippen molar-refractivity contribution in [2.24, 2.45) is 0 Å². The van der Waals surface area contributed by atoms with E-state index in [2.05, 4.69) is 52.2 Å². The van der Waals surface area contributed by atoms with Crippen molar-refractivity contribution in [1.82, 2.24) is 10.6 Å². The maximum Gasteiger partial charge on any atom is 0.0789 e. The Kier molecular flexibility index (Phi) is 33.3. The summed E-state index contributed by atoms with van der Waals surface area (Å²) in [6.07, 6.45) is 44.5. The minimum absolute atomic E-state index is 0.0981. The van der Waals surface area contributed by atoms with Gasteiger partial charge in [0.05, 0.1) is 6.10 Å². The van der Waals surface area contributed by atoms with Crippen LogP contribution in [0.5, 0.6) is 0 Å². The molecular weight excluding hydrogens is 560 g/mol. The second-order valence-electron chi connectivity index (χ2n) is 16.6. The molecule has 0 unspecified atom stereocenters. The number of nitrogens with one attached hydrogen (secondary N) is 2. The van der Waals surface area contributed by atoms with E-state index in [1.54, 1.807) is 0 Å². The highest BCUT2D eigenvalue weighted by Gasteiger charge is 2.21. The number of hydrogen-bond acceptors (Lipinski definition) is 3. The molecule has 0 spiro atoms. The number of unbranched alkanes of at least 4 members (excludes halogenated alkanes) is 28. The van der Waals surface area contributed by atoms with Crippen LogP contribution in [0.25, 0.3) is 0 Å². The maximum atomic E-state index is 10.7. The van der Waals surface area contributed by atoms with E-state index in [0.29, 0.717) is 13.1 Å². The molecule has 0 aromatic carbocycles. The lowest BCUT2D eigenvalue weighted by Gasteiger charge is -2.30. The van der Waals surface area contributed by atoms with Gasteiger partial charge in [-0.05, 0) is 40.5 Å². The Balaban J connectivity index is 3.60. The van der Waals surface area contributed by atoms with E-state index in [1.807, 2.05) is 0 Å². The summed E-state index contributed by atoms with van der Waals surface area (Å²) in [6, 6.07) is 0. The van der Waals surface area contributed by atoms with Crippen LogP contribution in [0.1, 0.15) is 247 Å². The SMILES string of the molecule is CCCCCCCCCCCCCCCCCC(C)(C)NCC(O)CNC(C)(C)CCCCCCCCCCCCCCCCC. The maximum absolute atomic E-state index is 10.7. The summed E-state index contributed by atoms with van der Waals surface area (Å²) in [5.41, 5.74) is 0.196. The Labute approximate surface area is 292 Å². The Bertz CT molecular complexity index is 539. The molecular formula is C43H90N2O. The van der Waals surface area contributed by atoms with E-state index in [0.717, 1.165) is 0 Å². The second-order valence-corrected chi connectivity index (χ2v) is 16.6. The van der Waals surface area contributed by atoms with E-state index in [9.17, 15) is 5.11 Å². The predicted molar refractivity (Wildman–Crippen MR) is 209 cm³/mol. The topological polar surface area (TPSA) is 44.3 Å². The highest BCUT2D eigenvalue weighted by Crippen LogP contribution is 2.19. The van der Waals surface area contributed by atoms with Crippen molar-refractivity contribution in [3.8, 4) is 0 Å². The fourth-order valence-electron chi connectivity index (χ4n) is 6.91.